The number of ether oxygens (including phenoxy) is 2. The van der Waals surface area contributed by atoms with Crippen molar-refractivity contribution >= 4 is 23.4 Å². The molecule has 8 heteroatoms. The number of nitrogens with zero attached hydrogens (tertiary/aromatic N) is 3. The van der Waals surface area contributed by atoms with Crippen LogP contribution in [0.3, 0.4) is 0 Å². The van der Waals surface area contributed by atoms with E-state index in [0.29, 0.717) is 41.5 Å². The monoisotopic (exact) mass is 468 g/mol. The van der Waals surface area contributed by atoms with Gasteiger partial charge in [-0.25, -0.2) is 0 Å². The zero-order chi connectivity index (χ0) is 23.8. The van der Waals surface area contributed by atoms with Gasteiger partial charge in [0.1, 0.15) is 6.61 Å². The van der Waals surface area contributed by atoms with Crippen molar-refractivity contribution in [3.8, 4) is 11.5 Å². The molecule has 0 aliphatic heterocycles. The number of aryl methyl sites for hydroxylation is 1. The Morgan fingerprint density at radius 2 is 1.88 bits per heavy atom. The Kier molecular flexibility index (Phi) is 8.77. The van der Waals surface area contributed by atoms with E-state index in [-0.39, 0.29) is 18.3 Å². The highest BCUT2D eigenvalue weighted by atomic mass is 32.2. The van der Waals surface area contributed by atoms with Crippen LogP contribution in [0, 0.1) is 6.92 Å². The van der Waals surface area contributed by atoms with Crippen LogP contribution in [-0.2, 0) is 17.9 Å². The summed E-state index contributed by atoms with van der Waals surface area (Å²) in [5, 5.41) is 12.3. The lowest BCUT2D eigenvalue weighted by Gasteiger charge is -2.14. The summed E-state index contributed by atoms with van der Waals surface area (Å²) in [4.78, 5) is 12.6. The summed E-state index contributed by atoms with van der Waals surface area (Å²) >= 11 is 1.37. The standard InChI is InChI=1S/C25H32N4O3S/c1-6-29-23(15-32-21-13-12-18(5)14-22(21)31-7-2)27-28-25(29)33-16-24(30)26-20-11-9-8-10-19(20)17(3)4/h8-14,17H,6-7,15-16H2,1-5H3,(H,26,30). The minimum absolute atomic E-state index is 0.0717. The van der Waals surface area contributed by atoms with E-state index >= 15 is 0 Å². The van der Waals surface area contributed by atoms with E-state index in [4.69, 9.17) is 9.47 Å². The number of rotatable bonds is 11. The highest BCUT2D eigenvalue weighted by Crippen LogP contribution is 2.29. The van der Waals surface area contributed by atoms with E-state index in [1.807, 2.05) is 67.8 Å². The van der Waals surface area contributed by atoms with E-state index < -0.39 is 0 Å². The fourth-order valence-electron chi connectivity index (χ4n) is 3.43. The maximum atomic E-state index is 12.6. The Hall–Kier alpha value is -3.00. The number of anilines is 1. The molecule has 1 amide bonds. The van der Waals surface area contributed by atoms with Crippen molar-refractivity contribution in [2.75, 3.05) is 17.7 Å². The number of amides is 1. The van der Waals surface area contributed by atoms with Crippen LogP contribution in [0.15, 0.2) is 47.6 Å². The van der Waals surface area contributed by atoms with Gasteiger partial charge in [0.15, 0.2) is 22.5 Å². The smallest absolute Gasteiger partial charge is 0.234 e. The molecule has 0 atom stereocenters. The first-order valence-electron chi connectivity index (χ1n) is 11.2. The normalized spacial score (nSPS) is 11.0. The lowest BCUT2D eigenvalue weighted by atomic mass is 10.0. The van der Waals surface area contributed by atoms with Crippen LogP contribution in [-0.4, -0.2) is 33.0 Å². The topological polar surface area (TPSA) is 78.3 Å². The van der Waals surface area contributed by atoms with Gasteiger partial charge in [-0.1, -0.05) is 49.9 Å². The van der Waals surface area contributed by atoms with Crippen molar-refractivity contribution in [2.45, 2.75) is 58.8 Å². The third-order valence-corrected chi connectivity index (χ3v) is 6.02. The Balaban J connectivity index is 1.62. The minimum Gasteiger partial charge on any atom is -0.490 e. The van der Waals surface area contributed by atoms with Crippen LogP contribution in [0.4, 0.5) is 5.69 Å². The minimum atomic E-state index is -0.0717. The Morgan fingerprint density at radius 1 is 1.09 bits per heavy atom. The van der Waals surface area contributed by atoms with Crippen molar-refractivity contribution in [3.05, 3.63) is 59.4 Å². The molecule has 7 nitrogen and oxygen atoms in total. The van der Waals surface area contributed by atoms with Crippen LogP contribution in [0.5, 0.6) is 11.5 Å². The molecule has 0 fully saturated rings. The molecule has 0 saturated heterocycles. The molecule has 0 radical (unpaired) electrons. The molecule has 0 aliphatic rings. The predicted molar refractivity (Wildman–Crippen MR) is 132 cm³/mol. The average molecular weight is 469 g/mol. The molecular weight excluding hydrogens is 436 g/mol. The van der Waals surface area contributed by atoms with Gasteiger partial charge in [-0.15, -0.1) is 10.2 Å². The first-order chi connectivity index (χ1) is 15.9. The van der Waals surface area contributed by atoms with Crippen molar-refractivity contribution in [1.29, 1.82) is 0 Å². The number of benzene rings is 2. The Labute approximate surface area is 199 Å². The number of aromatic nitrogens is 3. The summed E-state index contributed by atoms with van der Waals surface area (Å²) in [5.41, 5.74) is 3.08. The number of carbonyl (C=O) groups is 1. The van der Waals surface area contributed by atoms with Crippen LogP contribution < -0.4 is 14.8 Å². The molecule has 3 rings (SSSR count). The fourth-order valence-corrected chi connectivity index (χ4v) is 4.25. The maximum Gasteiger partial charge on any atom is 0.234 e. The second-order valence-electron chi connectivity index (χ2n) is 7.89. The highest BCUT2D eigenvalue weighted by Gasteiger charge is 2.16. The van der Waals surface area contributed by atoms with E-state index in [9.17, 15) is 4.79 Å². The van der Waals surface area contributed by atoms with Gasteiger partial charge in [-0.2, -0.15) is 0 Å². The second-order valence-corrected chi connectivity index (χ2v) is 8.84. The van der Waals surface area contributed by atoms with Crippen molar-refractivity contribution < 1.29 is 14.3 Å². The first kappa shape index (κ1) is 24.6. The van der Waals surface area contributed by atoms with Gasteiger partial charge in [0.2, 0.25) is 5.91 Å². The van der Waals surface area contributed by atoms with Gasteiger partial charge in [-0.05, 0) is 56.0 Å². The van der Waals surface area contributed by atoms with Gasteiger partial charge < -0.3 is 19.4 Å². The predicted octanol–water partition coefficient (Wildman–Crippen LogP) is 5.44. The number of hydrogen-bond donors (Lipinski definition) is 1. The molecule has 3 aromatic rings. The SMILES string of the molecule is CCOc1cc(C)ccc1OCc1nnc(SCC(=O)Nc2ccccc2C(C)C)n1CC. The molecule has 1 aromatic heterocycles. The molecule has 0 spiro atoms. The van der Waals surface area contributed by atoms with Crippen LogP contribution in [0.1, 0.15) is 50.6 Å². The Morgan fingerprint density at radius 3 is 2.61 bits per heavy atom. The molecule has 0 saturated carbocycles. The van der Waals surface area contributed by atoms with Crippen LogP contribution >= 0.6 is 11.8 Å². The van der Waals surface area contributed by atoms with Crippen LogP contribution in [0.2, 0.25) is 0 Å². The number of nitrogens with one attached hydrogen (secondary N) is 1. The average Bonchev–Trinajstić information content (AvgIpc) is 3.19. The molecule has 1 heterocycles. The van der Waals surface area contributed by atoms with Crippen molar-refractivity contribution in [3.63, 3.8) is 0 Å². The number of carbonyl (C=O) groups excluding carboxylic acids is 1. The second kappa shape index (κ2) is 11.7. The number of thioether (sulfide) groups is 1. The van der Waals surface area contributed by atoms with E-state index in [2.05, 4.69) is 29.4 Å². The van der Waals surface area contributed by atoms with Crippen molar-refractivity contribution in [2.24, 2.45) is 0 Å². The number of hydrogen-bond acceptors (Lipinski definition) is 6. The molecular formula is C25H32N4O3S. The zero-order valence-electron chi connectivity index (χ0n) is 19.9. The third-order valence-electron chi connectivity index (χ3n) is 5.05. The van der Waals surface area contributed by atoms with E-state index in [1.54, 1.807) is 0 Å². The summed E-state index contributed by atoms with van der Waals surface area (Å²) in [6.07, 6.45) is 0. The summed E-state index contributed by atoms with van der Waals surface area (Å²) in [6, 6.07) is 13.7. The van der Waals surface area contributed by atoms with Gasteiger partial charge in [0, 0.05) is 12.2 Å². The van der Waals surface area contributed by atoms with E-state index in [1.165, 1.54) is 11.8 Å². The largest absolute Gasteiger partial charge is 0.490 e. The summed E-state index contributed by atoms with van der Waals surface area (Å²) in [6.45, 7) is 11.7. The summed E-state index contributed by atoms with van der Waals surface area (Å²) in [7, 11) is 0. The zero-order valence-corrected chi connectivity index (χ0v) is 20.7. The summed E-state index contributed by atoms with van der Waals surface area (Å²) in [5.74, 6) is 2.60. The molecule has 1 N–H and O–H groups in total. The van der Waals surface area contributed by atoms with Crippen LogP contribution in [0.25, 0.3) is 0 Å². The molecule has 2 aromatic carbocycles. The summed E-state index contributed by atoms with van der Waals surface area (Å²) < 4.78 is 13.6. The molecule has 33 heavy (non-hydrogen) atoms. The number of para-hydroxylation sites is 1. The third kappa shape index (κ3) is 6.51. The quantitative estimate of drug-likeness (QED) is 0.378. The first-order valence-corrected chi connectivity index (χ1v) is 12.2. The fraction of sp³-hybridized carbons (Fsp3) is 0.400. The molecule has 0 bridgehead atoms. The lowest BCUT2D eigenvalue weighted by molar-refractivity contribution is -0.113. The van der Waals surface area contributed by atoms with Gasteiger partial charge in [-0.3, -0.25) is 4.79 Å². The highest BCUT2D eigenvalue weighted by molar-refractivity contribution is 7.99. The maximum absolute atomic E-state index is 12.6. The van der Waals surface area contributed by atoms with E-state index in [0.717, 1.165) is 16.8 Å². The molecule has 0 unspecified atom stereocenters. The van der Waals surface area contributed by atoms with Gasteiger partial charge in [0.25, 0.3) is 0 Å². The molecule has 0 aliphatic carbocycles. The lowest BCUT2D eigenvalue weighted by Crippen LogP contribution is -2.16. The Bertz CT molecular complexity index is 1080. The van der Waals surface area contributed by atoms with Crippen molar-refractivity contribution in [1.82, 2.24) is 14.8 Å². The van der Waals surface area contributed by atoms with Gasteiger partial charge >= 0.3 is 0 Å². The van der Waals surface area contributed by atoms with Gasteiger partial charge in [0.05, 0.1) is 12.4 Å². The molecule has 176 valence electrons.